The van der Waals surface area contributed by atoms with Crippen molar-refractivity contribution in [2.24, 2.45) is 0 Å². The van der Waals surface area contributed by atoms with Crippen LogP contribution in [0.3, 0.4) is 0 Å². The van der Waals surface area contributed by atoms with Gasteiger partial charge in [0.25, 0.3) is 0 Å². The molecule has 1 aromatic carbocycles. The van der Waals surface area contributed by atoms with Crippen LogP contribution in [0.4, 0.5) is 18.9 Å². The lowest BCUT2D eigenvalue weighted by molar-refractivity contribution is -0.0328. The minimum absolute atomic E-state index is 0.0493. The lowest BCUT2D eigenvalue weighted by atomic mass is 10.2. The number of hydrogen-bond acceptors (Lipinski definition) is 4. The van der Waals surface area contributed by atoms with Gasteiger partial charge < -0.3 is 4.90 Å². The zero-order valence-electron chi connectivity index (χ0n) is 11.9. The number of hydrogen-bond donors (Lipinski definition) is 0. The maximum Gasteiger partial charge on any atom is 0.446 e. The molecule has 2 rings (SSSR count). The minimum atomic E-state index is -4.23. The van der Waals surface area contributed by atoms with Gasteiger partial charge in [-0.2, -0.15) is 24.9 Å². The van der Waals surface area contributed by atoms with Gasteiger partial charge in [-0.3, -0.25) is 4.90 Å². The van der Waals surface area contributed by atoms with E-state index in [1.807, 2.05) is 17.8 Å². The van der Waals surface area contributed by atoms with E-state index in [0.29, 0.717) is 0 Å². The molecule has 0 radical (unpaired) electrons. The molecule has 0 aliphatic carbocycles. The van der Waals surface area contributed by atoms with Crippen LogP contribution in [0, 0.1) is 0 Å². The van der Waals surface area contributed by atoms with Crippen LogP contribution in [0.15, 0.2) is 29.2 Å². The van der Waals surface area contributed by atoms with Gasteiger partial charge in [0, 0.05) is 49.1 Å². The topological polar surface area (TPSA) is 6.48 Å². The molecule has 1 aliphatic rings. The summed E-state index contributed by atoms with van der Waals surface area (Å²) in [6.45, 7) is 4.76. The van der Waals surface area contributed by atoms with E-state index < -0.39 is 5.51 Å². The van der Waals surface area contributed by atoms with E-state index in [0.717, 1.165) is 44.2 Å². The second kappa shape index (κ2) is 7.65. The Bertz CT molecular complexity index is 446. The van der Waals surface area contributed by atoms with Gasteiger partial charge >= 0.3 is 5.51 Å². The predicted octanol–water partition coefficient (Wildman–Crippen LogP) is 3.78. The number of nitrogens with zero attached hydrogens (tertiary/aromatic N) is 2. The van der Waals surface area contributed by atoms with E-state index in [1.165, 1.54) is 6.07 Å². The zero-order valence-corrected chi connectivity index (χ0v) is 13.5. The van der Waals surface area contributed by atoms with Crippen LogP contribution < -0.4 is 4.90 Å². The number of piperazine rings is 1. The maximum atomic E-state index is 12.4. The average molecular weight is 336 g/mol. The molecule has 1 aliphatic heterocycles. The first kappa shape index (κ1) is 16.8. The Hall–Kier alpha value is -0.530. The fraction of sp³-hybridized carbons (Fsp3) is 0.571. The third-order valence-corrected chi connectivity index (χ3v) is 4.71. The summed E-state index contributed by atoms with van der Waals surface area (Å²) < 4.78 is 37.3. The summed E-state index contributed by atoms with van der Waals surface area (Å²) >= 11 is 1.79. The SMILES string of the molecule is CSCCN1CCN(c2cccc(SC(F)(F)F)c2)CC1. The molecule has 0 saturated carbocycles. The fourth-order valence-corrected chi connectivity index (χ4v) is 3.36. The molecule has 0 atom stereocenters. The van der Waals surface area contributed by atoms with E-state index in [1.54, 1.807) is 12.1 Å². The van der Waals surface area contributed by atoms with Crippen LogP contribution in [-0.4, -0.2) is 55.1 Å². The second-order valence-electron chi connectivity index (χ2n) is 4.87. The van der Waals surface area contributed by atoms with Crippen LogP contribution in [-0.2, 0) is 0 Å². The number of thioether (sulfide) groups is 2. The monoisotopic (exact) mass is 336 g/mol. The van der Waals surface area contributed by atoms with Crippen molar-refractivity contribution in [1.29, 1.82) is 0 Å². The van der Waals surface area contributed by atoms with Crippen LogP contribution in [0.5, 0.6) is 0 Å². The molecule has 0 bridgehead atoms. The summed E-state index contributed by atoms with van der Waals surface area (Å²) in [6.07, 6.45) is 2.10. The highest BCUT2D eigenvalue weighted by molar-refractivity contribution is 8.00. The van der Waals surface area contributed by atoms with Crippen molar-refractivity contribution in [3.8, 4) is 0 Å². The third kappa shape index (κ3) is 5.64. The Morgan fingerprint density at radius 2 is 1.86 bits per heavy atom. The standard InChI is InChI=1S/C14H19F3N2S2/c1-20-10-9-18-5-7-19(8-6-18)12-3-2-4-13(11-12)21-14(15,16)17/h2-4,11H,5-10H2,1H3. The van der Waals surface area contributed by atoms with Crippen molar-refractivity contribution in [2.75, 3.05) is 49.6 Å². The van der Waals surface area contributed by atoms with Crippen LogP contribution in [0.2, 0.25) is 0 Å². The summed E-state index contributed by atoms with van der Waals surface area (Å²) in [4.78, 5) is 4.82. The molecular formula is C14H19F3N2S2. The molecule has 1 heterocycles. The quantitative estimate of drug-likeness (QED) is 0.755. The largest absolute Gasteiger partial charge is 0.446 e. The van der Waals surface area contributed by atoms with Gasteiger partial charge in [0.1, 0.15) is 0 Å². The Balaban J connectivity index is 1.92. The number of anilines is 1. The van der Waals surface area contributed by atoms with E-state index in [9.17, 15) is 13.2 Å². The molecule has 1 aromatic rings. The van der Waals surface area contributed by atoms with E-state index in [2.05, 4.69) is 16.1 Å². The van der Waals surface area contributed by atoms with Gasteiger partial charge in [-0.1, -0.05) is 6.07 Å². The number of halogens is 3. The van der Waals surface area contributed by atoms with Crippen molar-refractivity contribution < 1.29 is 13.2 Å². The van der Waals surface area contributed by atoms with Crippen molar-refractivity contribution in [3.63, 3.8) is 0 Å². The van der Waals surface area contributed by atoms with E-state index >= 15 is 0 Å². The first-order valence-corrected chi connectivity index (χ1v) is 9.01. The Kier molecular flexibility index (Phi) is 6.13. The zero-order chi connectivity index (χ0) is 15.3. The molecule has 118 valence electrons. The smallest absolute Gasteiger partial charge is 0.369 e. The summed E-state index contributed by atoms with van der Waals surface area (Å²) in [7, 11) is 0. The molecule has 21 heavy (non-hydrogen) atoms. The van der Waals surface area contributed by atoms with Crippen molar-refractivity contribution in [1.82, 2.24) is 4.90 Å². The highest BCUT2D eigenvalue weighted by Gasteiger charge is 2.29. The molecule has 0 spiro atoms. The van der Waals surface area contributed by atoms with Crippen LogP contribution in [0.25, 0.3) is 0 Å². The molecular weight excluding hydrogens is 317 g/mol. The molecule has 0 unspecified atom stereocenters. The summed E-state index contributed by atoms with van der Waals surface area (Å²) in [6, 6.07) is 6.73. The highest BCUT2D eigenvalue weighted by atomic mass is 32.2. The first-order chi connectivity index (χ1) is 9.98. The van der Waals surface area contributed by atoms with Gasteiger partial charge in [0.2, 0.25) is 0 Å². The minimum Gasteiger partial charge on any atom is -0.369 e. The van der Waals surface area contributed by atoms with E-state index in [4.69, 9.17) is 0 Å². The second-order valence-corrected chi connectivity index (χ2v) is 6.99. The van der Waals surface area contributed by atoms with Crippen LogP contribution >= 0.6 is 23.5 Å². The molecule has 1 fully saturated rings. The fourth-order valence-electron chi connectivity index (χ4n) is 2.33. The third-order valence-electron chi connectivity index (χ3n) is 3.40. The maximum absolute atomic E-state index is 12.4. The number of rotatable bonds is 5. The van der Waals surface area contributed by atoms with Crippen molar-refractivity contribution >= 4 is 29.2 Å². The average Bonchev–Trinajstić information content (AvgIpc) is 2.44. The first-order valence-electron chi connectivity index (χ1n) is 6.80. The van der Waals surface area contributed by atoms with Crippen molar-refractivity contribution in [2.45, 2.75) is 10.4 Å². The molecule has 1 saturated heterocycles. The van der Waals surface area contributed by atoms with Crippen molar-refractivity contribution in [3.05, 3.63) is 24.3 Å². The van der Waals surface area contributed by atoms with Gasteiger partial charge in [-0.15, -0.1) is 0 Å². The van der Waals surface area contributed by atoms with E-state index in [-0.39, 0.29) is 16.7 Å². The predicted molar refractivity (Wildman–Crippen MR) is 85.4 cm³/mol. The molecule has 2 nitrogen and oxygen atoms in total. The number of benzene rings is 1. The van der Waals surface area contributed by atoms with Gasteiger partial charge in [-0.25, -0.2) is 0 Å². The summed E-state index contributed by atoms with van der Waals surface area (Å²) in [5.41, 5.74) is -3.34. The van der Waals surface area contributed by atoms with Gasteiger partial charge in [-0.05, 0) is 36.2 Å². The van der Waals surface area contributed by atoms with Gasteiger partial charge in [0.15, 0.2) is 0 Å². The normalized spacial score (nSPS) is 17.2. The molecule has 7 heteroatoms. The Morgan fingerprint density at radius 1 is 1.14 bits per heavy atom. The molecule has 0 aromatic heterocycles. The lowest BCUT2D eigenvalue weighted by Crippen LogP contribution is -2.47. The Labute approximate surface area is 132 Å². The summed E-state index contributed by atoms with van der Waals surface area (Å²) in [5.74, 6) is 1.12. The van der Waals surface area contributed by atoms with Crippen LogP contribution in [0.1, 0.15) is 0 Å². The molecule has 0 amide bonds. The Morgan fingerprint density at radius 3 is 2.48 bits per heavy atom. The van der Waals surface area contributed by atoms with Gasteiger partial charge in [0.05, 0.1) is 0 Å². The lowest BCUT2D eigenvalue weighted by Gasteiger charge is -2.36. The summed E-state index contributed by atoms with van der Waals surface area (Å²) in [5, 5.41) is 0. The molecule has 0 N–H and O–H groups in total. The number of alkyl halides is 3. The highest BCUT2D eigenvalue weighted by Crippen LogP contribution is 2.38.